The van der Waals surface area contributed by atoms with Gasteiger partial charge in [-0.1, -0.05) is 6.07 Å². The summed E-state index contributed by atoms with van der Waals surface area (Å²) in [5.74, 6) is -0.101. The van der Waals surface area contributed by atoms with Crippen LogP contribution in [0.3, 0.4) is 0 Å². The molecule has 0 spiro atoms. The molecular weight excluding hydrogens is 285 g/mol. The number of anilines is 1. The van der Waals surface area contributed by atoms with Crippen LogP contribution in [0.1, 0.15) is 21.7 Å². The molecular formula is C13H13F3N4O. The third-order valence-electron chi connectivity index (χ3n) is 2.98. The first-order valence-electron chi connectivity index (χ1n) is 6.01. The molecule has 0 unspecified atom stereocenters. The lowest BCUT2D eigenvalue weighted by Gasteiger charge is -2.13. The van der Waals surface area contributed by atoms with Gasteiger partial charge in [0.1, 0.15) is 5.82 Å². The standard InChI is InChI=1S/C13H13F3N4O/c1-20-6-5-18-10(20)7-19-12(21)8-3-2-4-9(11(8)17)13(14,15)16/h2-6H,7,17H2,1H3,(H,19,21). The van der Waals surface area contributed by atoms with E-state index in [2.05, 4.69) is 10.3 Å². The minimum Gasteiger partial charge on any atom is -0.398 e. The van der Waals surface area contributed by atoms with Crippen molar-refractivity contribution in [2.75, 3.05) is 5.73 Å². The number of nitrogens with zero attached hydrogens (tertiary/aromatic N) is 2. The van der Waals surface area contributed by atoms with Crippen molar-refractivity contribution >= 4 is 11.6 Å². The van der Waals surface area contributed by atoms with E-state index in [-0.39, 0.29) is 12.1 Å². The van der Waals surface area contributed by atoms with Crippen molar-refractivity contribution in [3.63, 3.8) is 0 Å². The lowest BCUT2D eigenvalue weighted by Crippen LogP contribution is -2.26. The molecule has 0 bridgehead atoms. The molecule has 0 saturated carbocycles. The second kappa shape index (κ2) is 5.47. The van der Waals surface area contributed by atoms with Gasteiger partial charge >= 0.3 is 6.18 Å². The molecule has 0 aliphatic heterocycles. The van der Waals surface area contributed by atoms with E-state index < -0.39 is 23.3 Å². The number of halogens is 3. The number of imidazole rings is 1. The minimum absolute atomic E-state index is 0.0953. The van der Waals surface area contributed by atoms with Crippen LogP contribution in [-0.4, -0.2) is 15.5 Å². The fourth-order valence-corrected chi connectivity index (χ4v) is 1.83. The molecule has 112 valence electrons. The SMILES string of the molecule is Cn1ccnc1CNC(=O)c1cccc(C(F)(F)F)c1N. The number of aryl methyl sites for hydroxylation is 1. The fraction of sp³-hybridized carbons (Fsp3) is 0.231. The zero-order valence-corrected chi connectivity index (χ0v) is 11.1. The Bertz CT molecular complexity index is 664. The van der Waals surface area contributed by atoms with E-state index in [1.807, 2.05) is 0 Å². The van der Waals surface area contributed by atoms with Gasteiger partial charge in [-0.3, -0.25) is 4.79 Å². The molecule has 8 heteroatoms. The zero-order valence-electron chi connectivity index (χ0n) is 11.1. The maximum atomic E-state index is 12.7. The molecule has 0 atom stereocenters. The van der Waals surface area contributed by atoms with Gasteiger partial charge in [0.15, 0.2) is 0 Å². The molecule has 5 nitrogen and oxygen atoms in total. The maximum absolute atomic E-state index is 12.7. The monoisotopic (exact) mass is 298 g/mol. The van der Waals surface area contributed by atoms with Crippen LogP contribution >= 0.6 is 0 Å². The third-order valence-corrected chi connectivity index (χ3v) is 2.98. The Kier molecular flexibility index (Phi) is 3.88. The molecule has 21 heavy (non-hydrogen) atoms. The van der Waals surface area contributed by atoms with Gasteiger partial charge in [-0.2, -0.15) is 13.2 Å². The molecule has 1 aromatic heterocycles. The van der Waals surface area contributed by atoms with Crippen LogP contribution in [-0.2, 0) is 19.8 Å². The molecule has 1 aromatic carbocycles. The summed E-state index contributed by atoms with van der Waals surface area (Å²) < 4.78 is 39.9. The van der Waals surface area contributed by atoms with E-state index in [0.29, 0.717) is 5.82 Å². The summed E-state index contributed by atoms with van der Waals surface area (Å²) in [7, 11) is 1.74. The minimum atomic E-state index is -4.60. The van der Waals surface area contributed by atoms with Gasteiger partial charge in [-0.25, -0.2) is 4.98 Å². The number of hydrogen-bond acceptors (Lipinski definition) is 3. The van der Waals surface area contributed by atoms with Crippen molar-refractivity contribution in [1.82, 2.24) is 14.9 Å². The molecule has 0 radical (unpaired) electrons. The van der Waals surface area contributed by atoms with Crippen molar-refractivity contribution in [2.24, 2.45) is 7.05 Å². The van der Waals surface area contributed by atoms with Crippen LogP contribution in [0.25, 0.3) is 0 Å². The number of amides is 1. The van der Waals surface area contributed by atoms with E-state index in [4.69, 9.17) is 5.73 Å². The van der Waals surface area contributed by atoms with E-state index in [0.717, 1.165) is 12.1 Å². The molecule has 0 fully saturated rings. The van der Waals surface area contributed by atoms with Crippen molar-refractivity contribution < 1.29 is 18.0 Å². The number of nitrogens with one attached hydrogen (secondary N) is 1. The van der Waals surface area contributed by atoms with E-state index in [1.54, 1.807) is 24.0 Å². The topological polar surface area (TPSA) is 72.9 Å². The molecule has 0 saturated heterocycles. The second-order valence-electron chi connectivity index (χ2n) is 4.40. The molecule has 0 aliphatic carbocycles. The highest BCUT2D eigenvalue weighted by Crippen LogP contribution is 2.34. The first-order valence-corrected chi connectivity index (χ1v) is 6.01. The van der Waals surface area contributed by atoms with Gasteiger partial charge in [-0.05, 0) is 12.1 Å². The van der Waals surface area contributed by atoms with E-state index >= 15 is 0 Å². The van der Waals surface area contributed by atoms with Crippen LogP contribution < -0.4 is 11.1 Å². The Hall–Kier alpha value is -2.51. The quantitative estimate of drug-likeness (QED) is 0.851. The smallest absolute Gasteiger partial charge is 0.398 e. The summed E-state index contributed by atoms with van der Waals surface area (Å²) in [6.07, 6.45) is -1.35. The summed E-state index contributed by atoms with van der Waals surface area (Å²) in [6.45, 7) is 0.0953. The van der Waals surface area contributed by atoms with Crippen molar-refractivity contribution in [3.05, 3.63) is 47.5 Å². The first kappa shape index (κ1) is 14.9. The zero-order chi connectivity index (χ0) is 15.6. The van der Waals surface area contributed by atoms with Crippen molar-refractivity contribution in [3.8, 4) is 0 Å². The predicted octanol–water partition coefficient (Wildman–Crippen LogP) is 1.95. The van der Waals surface area contributed by atoms with Crippen LogP contribution in [0.15, 0.2) is 30.6 Å². The summed E-state index contributed by atoms with van der Waals surface area (Å²) in [6, 6.07) is 3.23. The summed E-state index contributed by atoms with van der Waals surface area (Å²) in [4.78, 5) is 16.0. The molecule has 1 amide bonds. The van der Waals surface area contributed by atoms with Gasteiger partial charge in [-0.15, -0.1) is 0 Å². The number of carbonyl (C=O) groups excluding carboxylic acids is 1. The van der Waals surface area contributed by atoms with E-state index in [1.165, 1.54) is 6.07 Å². The number of hydrogen-bond donors (Lipinski definition) is 2. The average molecular weight is 298 g/mol. The highest BCUT2D eigenvalue weighted by atomic mass is 19.4. The number of aromatic nitrogens is 2. The third kappa shape index (κ3) is 3.15. The predicted molar refractivity (Wildman–Crippen MR) is 70.2 cm³/mol. The molecule has 2 rings (SSSR count). The highest BCUT2D eigenvalue weighted by molar-refractivity contribution is 5.99. The Morgan fingerprint density at radius 2 is 2.14 bits per heavy atom. The summed E-state index contributed by atoms with van der Waals surface area (Å²) in [5, 5.41) is 2.49. The number of benzene rings is 1. The summed E-state index contributed by atoms with van der Waals surface area (Å²) >= 11 is 0. The number of nitrogen functional groups attached to an aromatic ring is 1. The van der Waals surface area contributed by atoms with Gasteiger partial charge in [0.05, 0.1) is 23.4 Å². The van der Waals surface area contributed by atoms with E-state index in [9.17, 15) is 18.0 Å². The van der Waals surface area contributed by atoms with Crippen LogP contribution in [0, 0.1) is 0 Å². The summed E-state index contributed by atoms with van der Waals surface area (Å²) in [5.41, 5.74) is 3.64. The van der Waals surface area contributed by atoms with Gasteiger partial charge in [0.25, 0.3) is 5.91 Å². The van der Waals surface area contributed by atoms with Crippen molar-refractivity contribution in [1.29, 1.82) is 0 Å². The van der Waals surface area contributed by atoms with Gasteiger partial charge in [0, 0.05) is 19.4 Å². The van der Waals surface area contributed by atoms with Gasteiger partial charge < -0.3 is 15.6 Å². The number of rotatable bonds is 3. The number of carbonyl (C=O) groups is 1. The van der Waals surface area contributed by atoms with Gasteiger partial charge in [0.2, 0.25) is 0 Å². The maximum Gasteiger partial charge on any atom is 0.418 e. The Morgan fingerprint density at radius 1 is 1.43 bits per heavy atom. The van der Waals surface area contributed by atoms with Crippen LogP contribution in [0.5, 0.6) is 0 Å². The molecule has 1 heterocycles. The second-order valence-corrected chi connectivity index (χ2v) is 4.40. The molecule has 2 aromatic rings. The largest absolute Gasteiger partial charge is 0.418 e. The number of alkyl halides is 3. The Labute approximate surface area is 118 Å². The normalized spacial score (nSPS) is 11.4. The Balaban J connectivity index is 2.18. The lowest BCUT2D eigenvalue weighted by atomic mass is 10.1. The lowest BCUT2D eigenvalue weighted by molar-refractivity contribution is -0.136. The average Bonchev–Trinajstić information content (AvgIpc) is 2.80. The fourth-order valence-electron chi connectivity index (χ4n) is 1.83. The molecule has 3 N–H and O–H groups in total. The number of nitrogens with two attached hydrogens (primary N) is 1. The number of para-hydroxylation sites is 1. The van der Waals surface area contributed by atoms with Crippen LogP contribution in [0.4, 0.5) is 18.9 Å². The Morgan fingerprint density at radius 3 is 2.71 bits per heavy atom. The van der Waals surface area contributed by atoms with Crippen LogP contribution in [0.2, 0.25) is 0 Å². The first-order chi connectivity index (χ1) is 9.80. The molecule has 0 aliphatic rings. The highest BCUT2D eigenvalue weighted by Gasteiger charge is 2.34. The van der Waals surface area contributed by atoms with Crippen molar-refractivity contribution in [2.45, 2.75) is 12.7 Å².